The van der Waals surface area contributed by atoms with Gasteiger partial charge in [0.25, 0.3) is 11.8 Å². The number of imide groups is 1. The van der Waals surface area contributed by atoms with E-state index in [9.17, 15) is 19.2 Å². The highest BCUT2D eigenvalue weighted by Crippen LogP contribution is 2.23. The molecule has 2 atom stereocenters. The molecule has 29 heavy (non-hydrogen) atoms. The number of ether oxygens (including phenoxy) is 1. The van der Waals surface area contributed by atoms with Crippen molar-refractivity contribution in [3.63, 3.8) is 0 Å². The third-order valence-corrected chi connectivity index (χ3v) is 5.02. The molecule has 0 aliphatic heterocycles. The quantitative estimate of drug-likeness (QED) is 0.583. The largest absolute Gasteiger partial charge is 0.456 e. The van der Waals surface area contributed by atoms with Crippen molar-refractivity contribution in [1.29, 1.82) is 0 Å². The lowest BCUT2D eigenvalue weighted by Crippen LogP contribution is -2.48. The van der Waals surface area contributed by atoms with Gasteiger partial charge in [0.15, 0.2) is 6.61 Å². The number of carbonyl (C=O) groups excluding carboxylic acids is 4. The third kappa shape index (κ3) is 8.11. The maximum atomic E-state index is 11.9. The van der Waals surface area contributed by atoms with Crippen LogP contribution in [-0.2, 0) is 14.3 Å². The zero-order chi connectivity index (χ0) is 21.2. The van der Waals surface area contributed by atoms with Crippen LogP contribution in [0.4, 0.5) is 4.79 Å². The maximum absolute atomic E-state index is 11.9. The summed E-state index contributed by atoms with van der Waals surface area (Å²) in [5.74, 6) is -1.34. The first-order chi connectivity index (χ1) is 13.8. The third-order valence-electron chi connectivity index (χ3n) is 4.77. The predicted octanol–water partition coefficient (Wildman–Crippen LogP) is 2.41. The Balaban J connectivity index is 1.60. The Morgan fingerprint density at radius 3 is 2.48 bits per heavy atom. The van der Waals surface area contributed by atoms with E-state index in [4.69, 9.17) is 16.3 Å². The van der Waals surface area contributed by atoms with Crippen LogP contribution in [0.2, 0.25) is 5.02 Å². The fourth-order valence-electron chi connectivity index (χ4n) is 3.10. The van der Waals surface area contributed by atoms with E-state index in [0.717, 1.165) is 25.7 Å². The van der Waals surface area contributed by atoms with Gasteiger partial charge in [0.05, 0.1) is 6.42 Å². The molecule has 1 saturated carbocycles. The topological polar surface area (TPSA) is 114 Å². The molecule has 0 radical (unpaired) electrons. The fraction of sp³-hybridized carbons (Fsp3) is 0.500. The average molecular weight is 424 g/mol. The molecule has 1 aliphatic carbocycles. The van der Waals surface area contributed by atoms with Crippen molar-refractivity contribution >= 4 is 35.4 Å². The van der Waals surface area contributed by atoms with Crippen LogP contribution in [0.1, 0.15) is 49.4 Å². The summed E-state index contributed by atoms with van der Waals surface area (Å²) in [5, 5.41) is 8.03. The van der Waals surface area contributed by atoms with E-state index in [-0.39, 0.29) is 24.9 Å². The lowest BCUT2D eigenvalue weighted by molar-refractivity contribution is -0.148. The van der Waals surface area contributed by atoms with Gasteiger partial charge in [0.2, 0.25) is 0 Å². The highest BCUT2D eigenvalue weighted by atomic mass is 35.5. The number of carbonyl (C=O) groups is 4. The van der Waals surface area contributed by atoms with Crippen LogP contribution < -0.4 is 16.0 Å². The number of hydrogen-bond donors (Lipinski definition) is 3. The number of amides is 4. The van der Waals surface area contributed by atoms with E-state index in [1.807, 2.05) is 0 Å². The minimum Gasteiger partial charge on any atom is -0.456 e. The fourth-order valence-corrected chi connectivity index (χ4v) is 3.22. The summed E-state index contributed by atoms with van der Waals surface area (Å²) in [7, 11) is 0. The summed E-state index contributed by atoms with van der Waals surface area (Å²) < 4.78 is 4.82. The molecule has 1 aromatic carbocycles. The van der Waals surface area contributed by atoms with Gasteiger partial charge in [-0.1, -0.05) is 31.4 Å². The van der Waals surface area contributed by atoms with Crippen LogP contribution in [0.3, 0.4) is 0 Å². The number of halogens is 1. The number of hydrogen-bond acceptors (Lipinski definition) is 5. The molecule has 0 heterocycles. The molecule has 3 N–H and O–H groups in total. The molecular weight excluding hydrogens is 398 g/mol. The van der Waals surface area contributed by atoms with Crippen LogP contribution in [-0.4, -0.2) is 43.0 Å². The summed E-state index contributed by atoms with van der Waals surface area (Å²) in [5.41, 5.74) is 0.417. The predicted molar refractivity (Wildman–Crippen MR) is 107 cm³/mol. The monoisotopic (exact) mass is 423 g/mol. The first-order valence-electron chi connectivity index (χ1n) is 9.65. The van der Waals surface area contributed by atoms with Crippen molar-refractivity contribution in [2.45, 2.75) is 45.1 Å². The Morgan fingerprint density at radius 2 is 1.79 bits per heavy atom. The molecule has 9 heteroatoms. The number of benzene rings is 1. The number of esters is 1. The molecule has 1 aliphatic rings. The van der Waals surface area contributed by atoms with Crippen molar-refractivity contribution in [3.05, 3.63) is 34.9 Å². The van der Waals surface area contributed by atoms with E-state index in [1.54, 1.807) is 24.3 Å². The molecular formula is C20H26ClN3O5. The van der Waals surface area contributed by atoms with Gasteiger partial charge in [-0.15, -0.1) is 0 Å². The second-order valence-corrected chi connectivity index (χ2v) is 7.50. The standard InChI is InChI=1S/C20H26ClN3O5/c1-13-4-2-3-5-16(13)23-20(28)24-17(25)12-29-18(26)10-11-22-19(27)14-6-8-15(21)9-7-14/h6-9,13,16H,2-5,10-12H2,1H3,(H,22,27)(H2,23,24,25,28)/t13-,16+/m1/s1. The lowest BCUT2D eigenvalue weighted by atomic mass is 9.86. The molecule has 0 saturated heterocycles. The van der Waals surface area contributed by atoms with Crippen LogP contribution in [0.5, 0.6) is 0 Å². The van der Waals surface area contributed by atoms with Gasteiger partial charge in [-0.2, -0.15) is 0 Å². The van der Waals surface area contributed by atoms with Gasteiger partial charge < -0.3 is 15.4 Å². The van der Waals surface area contributed by atoms with E-state index in [2.05, 4.69) is 22.9 Å². The normalized spacial score (nSPS) is 18.4. The Kier molecular flexibility index (Phi) is 8.92. The zero-order valence-corrected chi connectivity index (χ0v) is 17.1. The lowest BCUT2D eigenvalue weighted by Gasteiger charge is -2.29. The van der Waals surface area contributed by atoms with Crippen molar-refractivity contribution in [3.8, 4) is 0 Å². The number of urea groups is 1. The summed E-state index contributed by atoms with van der Waals surface area (Å²) in [6.07, 6.45) is 4.04. The minimum absolute atomic E-state index is 0.0448. The summed E-state index contributed by atoms with van der Waals surface area (Å²) in [4.78, 5) is 47.2. The molecule has 8 nitrogen and oxygen atoms in total. The molecule has 0 aromatic heterocycles. The second kappa shape index (κ2) is 11.4. The molecule has 0 spiro atoms. The van der Waals surface area contributed by atoms with E-state index >= 15 is 0 Å². The molecule has 158 valence electrons. The Hall–Kier alpha value is -2.61. The van der Waals surface area contributed by atoms with Gasteiger partial charge in [-0.25, -0.2) is 4.79 Å². The van der Waals surface area contributed by atoms with Gasteiger partial charge in [-0.3, -0.25) is 19.7 Å². The van der Waals surface area contributed by atoms with Crippen LogP contribution in [0.15, 0.2) is 24.3 Å². The minimum atomic E-state index is -0.704. The second-order valence-electron chi connectivity index (χ2n) is 7.06. The first-order valence-corrected chi connectivity index (χ1v) is 10.0. The Bertz CT molecular complexity index is 738. The highest BCUT2D eigenvalue weighted by Gasteiger charge is 2.23. The summed E-state index contributed by atoms with van der Waals surface area (Å²) in [6.45, 7) is 1.57. The van der Waals surface area contributed by atoms with Gasteiger partial charge >= 0.3 is 12.0 Å². The molecule has 1 fully saturated rings. The van der Waals surface area contributed by atoms with E-state index < -0.39 is 24.5 Å². The Labute approximate surface area is 174 Å². The molecule has 1 aromatic rings. The SMILES string of the molecule is C[C@@H]1CCCC[C@@H]1NC(=O)NC(=O)COC(=O)CCNC(=O)c1ccc(Cl)cc1. The van der Waals surface area contributed by atoms with Crippen molar-refractivity contribution < 1.29 is 23.9 Å². The van der Waals surface area contributed by atoms with E-state index in [0.29, 0.717) is 16.5 Å². The van der Waals surface area contributed by atoms with Crippen LogP contribution in [0.25, 0.3) is 0 Å². The van der Waals surface area contributed by atoms with E-state index in [1.165, 1.54) is 0 Å². The van der Waals surface area contributed by atoms with Gasteiger partial charge in [0, 0.05) is 23.2 Å². The highest BCUT2D eigenvalue weighted by molar-refractivity contribution is 6.30. The average Bonchev–Trinajstić information content (AvgIpc) is 2.68. The zero-order valence-electron chi connectivity index (χ0n) is 16.3. The van der Waals surface area contributed by atoms with Crippen LogP contribution in [0, 0.1) is 5.92 Å². The number of rotatable bonds is 7. The van der Waals surface area contributed by atoms with Crippen molar-refractivity contribution in [1.82, 2.24) is 16.0 Å². The van der Waals surface area contributed by atoms with Gasteiger partial charge in [-0.05, 0) is 43.0 Å². The summed E-state index contributed by atoms with van der Waals surface area (Å²) >= 11 is 5.76. The Morgan fingerprint density at radius 1 is 1.10 bits per heavy atom. The smallest absolute Gasteiger partial charge is 0.321 e. The molecule has 4 amide bonds. The first kappa shape index (κ1) is 22.7. The van der Waals surface area contributed by atoms with Crippen molar-refractivity contribution in [2.24, 2.45) is 5.92 Å². The maximum Gasteiger partial charge on any atom is 0.321 e. The van der Waals surface area contributed by atoms with Crippen LogP contribution >= 0.6 is 11.6 Å². The van der Waals surface area contributed by atoms with Gasteiger partial charge in [0.1, 0.15) is 0 Å². The summed E-state index contributed by atoms with van der Waals surface area (Å²) in [6, 6.07) is 5.78. The molecule has 0 bridgehead atoms. The number of nitrogens with one attached hydrogen (secondary N) is 3. The molecule has 0 unspecified atom stereocenters. The van der Waals surface area contributed by atoms with Crippen molar-refractivity contribution in [2.75, 3.05) is 13.2 Å². The molecule has 2 rings (SSSR count).